The van der Waals surface area contributed by atoms with Crippen molar-refractivity contribution in [2.24, 2.45) is 7.05 Å². The Bertz CT molecular complexity index is 619. The SMILES string of the molecule is CCc1nn(C)c(Cl)c1CN1CCCC[C@@H]1CCn1cccn1. The van der Waals surface area contributed by atoms with Gasteiger partial charge in [-0.1, -0.05) is 24.9 Å². The molecule has 0 N–H and O–H groups in total. The molecule has 1 aliphatic rings. The van der Waals surface area contributed by atoms with Gasteiger partial charge in [-0.25, -0.2) is 0 Å². The lowest BCUT2D eigenvalue weighted by Crippen LogP contribution is -2.39. The fourth-order valence-electron chi connectivity index (χ4n) is 3.55. The van der Waals surface area contributed by atoms with Gasteiger partial charge in [0.25, 0.3) is 0 Å². The minimum absolute atomic E-state index is 0.605. The van der Waals surface area contributed by atoms with Crippen LogP contribution in [-0.2, 0) is 26.6 Å². The molecule has 0 spiro atoms. The number of halogens is 1. The van der Waals surface area contributed by atoms with Crippen LogP contribution < -0.4 is 0 Å². The van der Waals surface area contributed by atoms with Crippen molar-refractivity contribution in [3.05, 3.63) is 34.9 Å². The van der Waals surface area contributed by atoms with Gasteiger partial charge in [0.1, 0.15) is 5.15 Å². The fraction of sp³-hybridized carbons (Fsp3) is 0.647. The van der Waals surface area contributed by atoms with E-state index in [0.717, 1.165) is 43.3 Å². The highest BCUT2D eigenvalue weighted by molar-refractivity contribution is 6.30. The summed E-state index contributed by atoms with van der Waals surface area (Å²) < 4.78 is 3.83. The van der Waals surface area contributed by atoms with E-state index in [-0.39, 0.29) is 0 Å². The molecule has 1 saturated heterocycles. The van der Waals surface area contributed by atoms with E-state index in [2.05, 4.69) is 22.0 Å². The van der Waals surface area contributed by atoms with Crippen LogP contribution in [0, 0.1) is 0 Å². The minimum atomic E-state index is 0.605. The number of aryl methyl sites for hydroxylation is 3. The molecule has 3 rings (SSSR count). The molecular weight excluding hydrogens is 310 g/mol. The molecule has 5 nitrogen and oxygen atoms in total. The van der Waals surface area contributed by atoms with Gasteiger partial charge in [-0.15, -0.1) is 0 Å². The molecule has 2 aromatic heterocycles. The first-order chi connectivity index (χ1) is 11.2. The third-order valence-electron chi connectivity index (χ3n) is 4.85. The number of nitrogens with zero attached hydrogens (tertiary/aromatic N) is 5. The van der Waals surface area contributed by atoms with Crippen molar-refractivity contribution in [2.75, 3.05) is 6.54 Å². The summed E-state index contributed by atoms with van der Waals surface area (Å²) in [6.45, 7) is 5.20. The van der Waals surface area contributed by atoms with Crippen LogP contribution in [0.2, 0.25) is 5.15 Å². The zero-order valence-corrected chi connectivity index (χ0v) is 14.8. The maximum absolute atomic E-state index is 6.48. The van der Waals surface area contributed by atoms with Crippen LogP contribution in [0.1, 0.15) is 43.9 Å². The Morgan fingerprint density at radius 1 is 1.35 bits per heavy atom. The van der Waals surface area contributed by atoms with Crippen molar-refractivity contribution in [1.29, 1.82) is 0 Å². The summed E-state index contributed by atoms with van der Waals surface area (Å²) in [5.41, 5.74) is 2.34. The summed E-state index contributed by atoms with van der Waals surface area (Å²) in [5, 5.41) is 9.66. The first-order valence-corrected chi connectivity index (χ1v) is 8.98. The van der Waals surface area contributed by atoms with Crippen LogP contribution in [0.5, 0.6) is 0 Å². The van der Waals surface area contributed by atoms with Gasteiger partial charge in [-0.3, -0.25) is 14.3 Å². The maximum Gasteiger partial charge on any atom is 0.131 e. The first-order valence-electron chi connectivity index (χ1n) is 8.60. The smallest absolute Gasteiger partial charge is 0.131 e. The zero-order valence-electron chi connectivity index (χ0n) is 14.1. The van der Waals surface area contributed by atoms with Crippen LogP contribution in [0.3, 0.4) is 0 Å². The second kappa shape index (κ2) is 7.49. The molecule has 0 saturated carbocycles. The lowest BCUT2D eigenvalue weighted by Gasteiger charge is -2.35. The summed E-state index contributed by atoms with van der Waals surface area (Å²) >= 11 is 6.48. The van der Waals surface area contributed by atoms with Gasteiger partial charge in [0.05, 0.1) is 5.69 Å². The summed E-state index contributed by atoms with van der Waals surface area (Å²) in [7, 11) is 1.93. The third-order valence-corrected chi connectivity index (χ3v) is 5.32. The van der Waals surface area contributed by atoms with Crippen LogP contribution >= 0.6 is 11.6 Å². The molecule has 126 valence electrons. The lowest BCUT2D eigenvalue weighted by molar-refractivity contribution is 0.127. The Labute approximate surface area is 143 Å². The standard InChI is InChI=1S/C17H26ClN5/c1-3-16-15(17(18)21(2)20-16)13-22-10-5-4-7-14(22)8-12-23-11-6-9-19-23/h6,9,11,14H,3-5,7-8,10,12-13H2,1-2H3/t14-/m1/s1. The molecule has 0 bridgehead atoms. The van der Waals surface area contributed by atoms with Crippen molar-refractivity contribution in [1.82, 2.24) is 24.5 Å². The van der Waals surface area contributed by atoms with Crippen LogP contribution in [0.4, 0.5) is 0 Å². The maximum atomic E-state index is 6.48. The lowest BCUT2D eigenvalue weighted by atomic mass is 9.98. The second-order valence-corrected chi connectivity index (χ2v) is 6.73. The number of likely N-dealkylation sites (tertiary alicyclic amines) is 1. The zero-order chi connectivity index (χ0) is 16.2. The Hall–Kier alpha value is -1.33. The predicted molar refractivity (Wildman–Crippen MR) is 92.5 cm³/mol. The van der Waals surface area contributed by atoms with Gasteiger partial charge in [-0.05, 0) is 38.3 Å². The van der Waals surface area contributed by atoms with Crippen LogP contribution in [-0.4, -0.2) is 37.0 Å². The normalized spacial score (nSPS) is 19.3. The molecule has 1 atom stereocenters. The van der Waals surface area contributed by atoms with Gasteiger partial charge >= 0.3 is 0 Å². The number of hydrogen-bond acceptors (Lipinski definition) is 3. The number of piperidine rings is 1. The van der Waals surface area contributed by atoms with Gasteiger partial charge in [0, 0.05) is 44.1 Å². The van der Waals surface area contributed by atoms with E-state index in [1.54, 1.807) is 4.68 Å². The number of hydrogen-bond donors (Lipinski definition) is 0. The van der Waals surface area contributed by atoms with Crippen molar-refractivity contribution in [3.8, 4) is 0 Å². The van der Waals surface area contributed by atoms with Crippen molar-refractivity contribution >= 4 is 11.6 Å². The molecular formula is C17H26ClN5. The molecule has 1 aliphatic heterocycles. The summed E-state index contributed by atoms with van der Waals surface area (Å²) in [4.78, 5) is 2.59. The fourth-order valence-corrected chi connectivity index (χ4v) is 3.76. The van der Waals surface area contributed by atoms with Gasteiger partial charge in [0.2, 0.25) is 0 Å². The number of rotatable bonds is 6. The monoisotopic (exact) mass is 335 g/mol. The highest BCUT2D eigenvalue weighted by Gasteiger charge is 2.25. The van der Waals surface area contributed by atoms with E-state index >= 15 is 0 Å². The Morgan fingerprint density at radius 2 is 2.22 bits per heavy atom. The van der Waals surface area contributed by atoms with E-state index in [0.29, 0.717) is 6.04 Å². The molecule has 2 aromatic rings. The van der Waals surface area contributed by atoms with Crippen LogP contribution in [0.25, 0.3) is 0 Å². The minimum Gasteiger partial charge on any atom is -0.296 e. The van der Waals surface area contributed by atoms with E-state index in [4.69, 9.17) is 11.6 Å². The highest BCUT2D eigenvalue weighted by atomic mass is 35.5. The summed E-state index contributed by atoms with van der Waals surface area (Å²) in [6, 6.07) is 2.59. The van der Waals surface area contributed by atoms with Crippen molar-refractivity contribution in [3.63, 3.8) is 0 Å². The molecule has 3 heterocycles. The predicted octanol–water partition coefficient (Wildman–Crippen LogP) is 3.28. The molecule has 0 radical (unpaired) electrons. The van der Waals surface area contributed by atoms with Crippen molar-refractivity contribution in [2.45, 2.75) is 58.2 Å². The van der Waals surface area contributed by atoms with Gasteiger partial charge < -0.3 is 0 Å². The first kappa shape index (κ1) is 16.5. The molecule has 0 aliphatic carbocycles. The number of aromatic nitrogens is 4. The Kier molecular flexibility index (Phi) is 5.38. The largest absolute Gasteiger partial charge is 0.296 e. The van der Waals surface area contributed by atoms with Gasteiger partial charge in [0.15, 0.2) is 0 Å². The molecule has 0 unspecified atom stereocenters. The average molecular weight is 336 g/mol. The molecule has 6 heteroatoms. The molecule has 1 fully saturated rings. The van der Waals surface area contributed by atoms with E-state index in [1.807, 2.05) is 30.2 Å². The van der Waals surface area contributed by atoms with Crippen molar-refractivity contribution < 1.29 is 0 Å². The topological polar surface area (TPSA) is 38.9 Å². The van der Waals surface area contributed by atoms with Gasteiger partial charge in [-0.2, -0.15) is 10.2 Å². The summed E-state index contributed by atoms with van der Waals surface area (Å²) in [5.74, 6) is 0. The Morgan fingerprint density at radius 3 is 2.96 bits per heavy atom. The highest BCUT2D eigenvalue weighted by Crippen LogP contribution is 2.27. The molecule has 0 aromatic carbocycles. The van der Waals surface area contributed by atoms with Crippen LogP contribution in [0.15, 0.2) is 18.5 Å². The summed E-state index contributed by atoms with van der Waals surface area (Å²) in [6.07, 6.45) is 9.82. The third kappa shape index (κ3) is 3.78. The Balaban J connectivity index is 1.69. The molecule has 0 amide bonds. The average Bonchev–Trinajstić information content (AvgIpc) is 3.17. The quantitative estimate of drug-likeness (QED) is 0.813. The molecule has 23 heavy (non-hydrogen) atoms. The van der Waals surface area contributed by atoms with E-state index < -0.39 is 0 Å². The van der Waals surface area contributed by atoms with E-state index in [9.17, 15) is 0 Å². The second-order valence-electron chi connectivity index (χ2n) is 6.37. The van der Waals surface area contributed by atoms with E-state index in [1.165, 1.54) is 24.8 Å².